The van der Waals surface area contributed by atoms with Crippen molar-refractivity contribution in [3.8, 4) is 0 Å². The Morgan fingerprint density at radius 3 is 2.75 bits per heavy atom. The van der Waals surface area contributed by atoms with Crippen molar-refractivity contribution in [3.63, 3.8) is 0 Å². The lowest BCUT2D eigenvalue weighted by Gasteiger charge is -2.00. The van der Waals surface area contributed by atoms with Gasteiger partial charge in [-0.2, -0.15) is 0 Å². The summed E-state index contributed by atoms with van der Waals surface area (Å²) in [5.41, 5.74) is 6.81. The first-order valence-electron chi connectivity index (χ1n) is 3.43. The van der Waals surface area contributed by atoms with Gasteiger partial charge in [-0.3, -0.25) is 4.79 Å². The van der Waals surface area contributed by atoms with Gasteiger partial charge in [0, 0.05) is 11.3 Å². The highest BCUT2D eigenvalue weighted by atomic mass is 16.1. The van der Waals surface area contributed by atoms with E-state index in [9.17, 15) is 4.79 Å². The van der Waals surface area contributed by atoms with Crippen LogP contribution >= 0.6 is 0 Å². The summed E-state index contributed by atoms with van der Waals surface area (Å²) >= 11 is 0. The first-order chi connectivity index (χ1) is 5.65. The van der Waals surface area contributed by atoms with E-state index in [-0.39, 0.29) is 5.78 Å². The van der Waals surface area contributed by atoms with Crippen LogP contribution in [0.3, 0.4) is 0 Å². The van der Waals surface area contributed by atoms with Crippen LogP contribution in [0.4, 0.5) is 11.4 Å². The number of carbonyl (C=O) groups excluding carboxylic acids is 1. The Morgan fingerprint density at radius 2 is 2.25 bits per heavy atom. The topological polar surface area (TPSA) is 47.5 Å². The molecule has 0 aliphatic carbocycles. The van der Waals surface area contributed by atoms with Crippen LogP contribution in [0.15, 0.2) is 18.2 Å². The lowest BCUT2D eigenvalue weighted by atomic mass is 10.1. The smallest absolute Gasteiger partial charge is 0.188 e. The molecule has 0 spiro atoms. The highest BCUT2D eigenvalue weighted by molar-refractivity contribution is 6.00. The Hall–Kier alpha value is -1.82. The molecule has 0 aromatic heterocycles. The molecule has 0 atom stereocenters. The maximum Gasteiger partial charge on any atom is 0.188 e. The minimum absolute atomic E-state index is 0.113. The second-order valence-corrected chi connectivity index (χ2v) is 2.44. The number of Topliss-reactive ketones (excluding diaryl/α,β-unsaturated/α-hetero) is 1. The highest BCUT2D eigenvalue weighted by Gasteiger charge is 2.04. The van der Waals surface area contributed by atoms with Crippen molar-refractivity contribution in [2.75, 3.05) is 5.73 Å². The number of rotatable bonds is 1. The zero-order valence-corrected chi connectivity index (χ0v) is 6.66. The molecule has 3 heteroatoms. The maximum atomic E-state index is 11.0. The Labute approximate surface area is 70.6 Å². The molecule has 3 nitrogen and oxygen atoms in total. The van der Waals surface area contributed by atoms with Crippen molar-refractivity contribution < 1.29 is 4.79 Å². The fourth-order valence-electron chi connectivity index (χ4n) is 0.919. The molecule has 2 N–H and O–H groups in total. The van der Waals surface area contributed by atoms with Gasteiger partial charge in [0.15, 0.2) is 11.5 Å². The zero-order valence-electron chi connectivity index (χ0n) is 6.66. The van der Waals surface area contributed by atoms with E-state index in [2.05, 4.69) is 4.85 Å². The minimum atomic E-state index is -0.113. The number of nitrogen functional groups attached to an aromatic ring is 1. The Kier molecular flexibility index (Phi) is 2.11. The summed E-state index contributed by atoms with van der Waals surface area (Å²) in [6.45, 7) is 8.15. The second-order valence-electron chi connectivity index (χ2n) is 2.44. The van der Waals surface area contributed by atoms with Crippen LogP contribution in [0.5, 0.6) is 0 Å². The molecule has 60 valence electrons. The fourth-order valence-corrected chi connectivity index (χ4v) is 0.919. The van der Waals surface area contributed by atoms with Crippen LogP contribution in [0.1, 0.15) is 17.3 Å². The van der Waals surface area contributed by atoms with Crippen LogP contribution in [0, 0.1) is 6.57 Å². The summed E-state index contributed by atoms with van der Waals surface area (Å²) in [4.78, 5) is 14.1. The SMILES string of the molecule is [C-]#[N+]c1ccc(N)c(C(C)=O)c1. The third-order valence-electron chi connectivity index (χ3n) is 1.55. The normalized spacial score (nSPS) is 9.00. The minimum Gasteiger partial charge on any atom is -0.398 e. The van der Waals surface area contributed by atoms with Gasteiger partial charge in [0.05, 0.1) is 6.57 Å². The molecule has 1 aromatic rings. The number of hydrogen-bond acceptors (Lipinski definition) is 2. The average Bonchev–Trinajstić information content (AvgIpc) is 2.05. The van der Waals surface area contributed by atoms with E-state index >= 15 is 0 Å². The first-order valence-corrected chi connectivity index (χ1v) is 3.43. The van der Waals surface area contributed by atoms with Gasteiger partial charge in [0.25, 0.3) is 0 Å². The summed E-state index contributed by atoms with van der Waals surface area (Å²) < 4.78 is 0. The number of hydrogen-bond donors (Lipinski definition) is 1. The largest absolute Gasteiger partial charge is 0.398 e. The molecule has 0 aliphatic heterocycles. The molecule has 1 rings (SSSR count). The second kappa shape index (κ2) is 3.05. The molecule has 0 radical (unpaired) electrons. The van der Waals surface area contributed by atoms with E-state index in [1.165, 1.54) is 13.0 Å². The van der Waals surface area contributed by atoms with E-state index in [1.54, 1.807) is 12.1 Å². The van der Waals surface area contributed by atoms with Crippen LogP contribution in [0.2, 0.25) is 0 Å². The zero-order chi connectivity index (χ0) is 9.14. The summed E-state index contributed by atoms with van der Waals surface area (Å²) in [6, 6.07) is 4.67. The van der Waals surface area contributed by atoms with Gasteiger partial charge >= 0.3 is 0 Å². The Balaban J connectivity index is 3.28. The number of nitrogens with zero attached hydrogens (tertiary/aromatic N) is 1. The molecule has 0 amide bonds. The Morgan fingerprint density at radius 1 is 1.58 bits per heavy atom. The quantitative estimate of drug-likeness (QED) is 0.388. The van der Waals surface area contributed by atoms with Crippen LogP contribution in [-0.4, -0.2) is 5.78 Å². The van der Waals surface area contributed by atoms with Gasteiger partial charge in [-0.25, -0.2) is 4.85 Å². The average molecular weight is 160 g/mol. The van der Waals surface area contributed by atoms with Gasteiger partial charge in [-0.1, -0.05) is 6.07 Å². The van der Waals surface area contributed by atoms with E-state index in [1.807, 2.05) is 0 Å². The van der Waals surface area contributed by atoms with Crippen LogP contribution in [-0.2, 0) is 0 Å². The van der Waals surface area contributed by atoms with Crippen molar-refractivity contribution in [1.29, 1.82) is 0 Å². The van der Waals surface area contributed by atoms with Gasteiger partial charge in [-0.15, -0.1) is 0 Å². The van der Waals surface area contributed by atoms with Crippen molar-refractivity contribution in [1.82, 2.24) is 0 Å². The number of ketones is 1. The summed E-state index contributed by atoms with van der Waals surface area (Å²) in [5.74, 6) is -0.113. The third kappa shape index (κ3) is 1.43. The summed E-state index contributed by atoms with van der Waals surface area (Å²) in [6.07, 6.45) is 0. The lowest BCUT2D eigenvalue weighted by Crippen LogP contribution is -1.98. The van der Waals surface area contributed by atoms with Gasteiger partial charge in [0.2, 0.25) is 0 Å². The van der Waals surface area contributed by atoms with Gasteiger partial charge in [0.1, 0.15) is 0 Å². The fraction of sp³-hybridized carbons (Fsp3) is 0.111. The lowest BCUT2D eigenvalue weighted by molar-refractivity contribution is 0.101. The summed E-state index contributed by atoms with van der Waals surface area (Å²) in [7, 11) is 0. The van der Waals surface area contributed by atoms with Crippen LogP contribution < -0.4 is 5.73 Å². The van der Waals surface area contributed by atoms with Gasteiger partial charge < -0.3 is 5.73 Å². The number of benzene rings is 1. The maximum absolute atomic E-state index is 11.0. The van der Waals surface area contributed by atoms with Gasteiger partial charge in [-0.05, 0) is 19.1 Å². The molecule has 0 fully saturated rings. The van der Waals surface area contributed by atoms with E-state index in [4.69, 9.17) is 12.3 Å². The first kappa shape index (κ1) is 8.28. The monoisotopic (exact) mass is 160 g/mol. The molecule has 0 aliphatic rings. The highest BCUT2D eigenvalue weighted by Crippen LogP contribution is 2.20. The molecule has 0 saturated heterocycles. The molecule has 0 unspecified atom stereocenters. The van der Waals surface area contributed by atoms with Crippen molar-refractivity contribution in [3.05, 3.63) is 35.2 Å². The standard InChI is InChI=1S/C9H8N2O/c1-6(12)8-5-7(11-2)3-4-9(8)10/h3-5H,10H2,1H3. The number of carbonyl (C=O) groups is 1. The molecular weight excluding hydrogens is 152 g/mol. The molecule has 0 heterocycles. The van der Waals surface area contributed by atoms with E-state index < -0.39 is 0 Å². The van der Waals surface area contributed by atoms with Crippen molar-refractivity contribution >= 4 is 17.2 Å². The summed E-state index contributed by atoms with van der Waals surface area (Å²) in [5, 5.41) is 0. The molecular formula is C9H8N2O. The van der Waals surface area contributed by atoms with Crippen molar-refractivity contribution in [2.24, 2.45) is 0 Å². The Bertz CT molecular complexity index is 363. The predicted octanol–water partition coefficient (Wildman–Crippen LogP) is 2.02. The van der Waals surface area contributed by atoms with E-state index in [0.717, 1.165) is 0 Å². The van der Waals surface area contributed by atoms with Crippen molar-refractivity contribution in [2.45, 2.75) is 6.92 Å². The van der Waals surface area contributed by atoms with E-state index in [0.29, 0.717) is 16.9 Å². The predicted molar refractivity (Wildman–Crippen MR) is 47.1 cm³/mol. The number of anilines is 1. The number of nitrogens with two attached hydrogens (primary N) is 1. The molecule has 12 heavy (non-hydrogen) atoms. The van der Waals surface area contributed by atoms with Crippen LogP contribution in [0.25, 0.3) is 4.85 Å². The molecule has 0 saturated carbocycles. The third-order valence-corrected chi connectivity index (χ3v) is 1.55. The molecule has 1 aromatic carbocycles. The molecule has 0 bridgehead atoms.